The van der Waals surface area contributed by atoms with E-state index in [1.54, 1.807) is 7.11 Å². The summed E-state index contributed by atoms with van der Waals surface area (Å²) in [6.45, 7) is 2.55. The van der Waals surface area contributed by atoms with Crippen LogP contribution in [0.4, 0.5) is 0 Å². The second-order valence-electron chi connectivity index (χ2n) is 5.88. The highest BCUT2D eigenvalue weighted by Gasteiger charge is 2.17. The quantitative estimate of drug-likeness (QED) is 0.560. The van der Waals surface area contributed by atoms with Crippen molar-refractivity contribution >= 4 is 32.8 Å². The molecule has 136 valence electrons. The van der Waals surface area contributed by atoms with Crippen molar-refractivity contribution in [2.45, 2.75) is 13.5 Å². The molecule has 0 aliphatic heterocycles. The molecule has 5 nitrogen and oxygen atoms in total. The summed E-state index contributed by atoms with van der Waals surface area (Å²) in [6, 6.07) is 14.0. The number of aromatic nitrogens is 1. The molecule has 0 spiro atoms. The molecule has 2 aromatic carbocycles. The van der Waals surface area contributed by atoms with E-state index in [1.807, 2.05) is 37.3 Å². The van der Waals surface area contributed by atoms with Gasteiger partial charge in [-0.2, -0.15) is 0 Å². The van der Waals surface area contributed by atoms with E-state index in [9.17, 15) is 4.79 Å². The summed E-state index contributed by atoms with van der Waals surface area (Å²) in [4.78, 5) is 11.5. The number of fused-ring (bicyclic) bond motifs is 1. The lowest BCUT2D eigenvalue weighted by Crippen LogP contribution is -2.13. The first-order chi connectivity index (χ1) is 12.5. The molecule has 0 saturated heterocycles. The Bertz CT molecular complexity index is 931. The smallest absolute Gasteiger partial charge is 0.343 e. The Labute approximate surface area is 160 Å². The van der Waals surface area contributed by atoms with Crippen LogP contribution in [-0.2, 0) is 16.1 Å². The Morgan fingerprint density at radius 2 is 1.85 bits per heavy atom. The minimum absolute atomic E-state index is 0.133. The summed E-state index contributed by atoms with van der Waals surface area (Å²) in [5.74, 6) is 0.990. The second-order valence-corrected chi connectivity index (χ2v) is 6.79. The van der Waals surface area contributed by atoms with Crippen molar-refractivity contribution in [1.29, 1.82) is 0 Å². The molecule has 0 bridgehead atoms. The molecule has 0 saturated carbocycles. The van der Waals surface area contributed by atoms with Crippen LogP contribution in [0.2, 0.25) is 0 Å². The van der Waals surface area contributed by atoms with Crippen LogP contribution in [0.1, 0.15) is 11.3 Å². The van der Waals surface area contributed by atoms with Gasteiger partial charge in [-0.05, 0) is 42.8 Å². The van der Waals surface area contributed by atoms with E-state index >= 15 is 0 Å². The normalized spacial score (nSPS) is 10.8. The maximum atomic E-state index is 11.5. The summed E-state index contributed by atoms with van der Waals surface area (Å²) in [5, 5.41) is 0.905. The fourth-order valence-corrected chi connectivity index (χ4v) is 3.17. The van der Waals surface area contributed by atoms with Gasteiger partial charge in [-0.3, -0.25) is 0 Å². The summed E-state index contributed by atoms with van der Waals surface area (Å²) < 4.78 is 19.0. The lowest BCUT2D eigenvalue weighted by molar-refractivity contribution is -0.142. The van der Waals surface area contributed by atoms with Crippen LogP contribution >= 0.6 is 15.9 Å². The lowest BCUT2D eigenvalue weighted by atomic mass is 10.2. The van der Waals surface area contributed by atoms with Crippen molar-refractivity contribution in [1.82, 2.24) is 4.57 Å². The number of methoxy groups -OCH3 is 2. The van der Waals surface area contributed by atoms with E-state index in [2.05, 4.69) is 37.4 Å². The van der Waals surface area contributed by atoms with Crippen molar-refractivity contribution in [2.75, 3.05) is 20.8 Å². The fourth-order valence-electron chi connectivity index (χ4n) is 2.91. The Morgan fingerprint density at radius 1 is 1.12 bits per heavy atom. The highest BCUT2D eigenvalue weighted by atomic mass is 79.9. The van der Waals surface area contributed by atoms with Crippen LogP contribution in [0, 0.1) is 6.92 Å². The zero-order valence-electron chi connectivity index (χ0n) is 14.9. The van der Waals surface area contributed by atoms with Gasteiger partial charge in [-0.1, -0.05) is 28.1 Å². The number of nitrogens with zero attached hydrogens (tertiary/aromatic N) is 1. The molecule has 0 aliphatic rings. The van der Waals surface area contributed by atoms with E-state index in [1.165, 1.54) is 12.7 Å². The number of hydrogen-bond acceptors (Lipinski definition) is 4. The van der Waals surface area contributed by atoms with Crippen molar-refractivity contribution in [3.05, 3.63) is 58.2 Å². The van der Waals surface area contributed by atoms with Crippen LogP contribution in [-0.4, -0.2) is 31.4 Å². The topological polar surface area (TPSA) is 49.7 Å². The molecule has 0 amide bonds. The molecule has 0 N–H and O–H groups in total. The monoisotopic (exact) mass is 417 g/mol. The molecule has 0 atom stereocenters. The predicted molar refractivity (Wildman–Crippen MR) is 104 cm³/mol. The summed E-state index contributed by atoms with van der Waals surface area (Å²) in [7, 11) is 2.97. The van der Waals surface area contributed by atoms with Gasteiger partial charge in [0.1, 0.15) is 11.5 Å². The lowest BCUT2D eigenvalue weighted by Gasteiger charge is -2.09. The molecular formula is C20H20BrNO4. The van der Waals surface area contributed by atoms with E-state index in [-0.39, 0.29) is 6.61 Å². The van der Waals surface area contributed by atoms with E-state index in [4.69, 9.17) is 9.47 Å². The van der Waals surface area contributed by atoms with Gasteiger partial charge in [0.25, 0.3) is 0 Å². The molecule has 0 fully saturated rings. The highest BCUT2D eigenvalue weighted by molar-refractivity contribution is 9.10. The third kappa shape index (κ3) is 3.70. The Hall–Kier alpha value is -2.47. The number of halogens is 1. The number of carbonyl (C=O) groups excluding carboxylic acids is 1. The van der Waals surface area contributed by atoms with Crippen LogP contribution in [0.25, 0.3) is 10.9 Å². The zero-order chi connectivity index (χ0) is 18.7. The van der Waals surface area contributed by atoms with Crippen LogP contribution in [0.3, 0.4) is 0 Å². The summed E-state index contributed by atoms with van der Waals surface area (Å²) in [5.41, 5.74) is 3.13. The molecule has 26 heavy (non-hydrogen) atoms. The molecular weight excluding hydrogens is 398 g/mol. The Kier molecular flexibility index (Phi) is 5.52. The first-order valence-electron chi connectivity index (χ1n) is 8.14. The molecule has 0 radical (unpaired) electrons. The van der Waals surface area contributed by atoms with E-state index in [0.29, 0.717) is 12.3 Å². The largest absolute Gasteiger partial charge is 0.497 e. The van der Waals surface area contributed by atoms with E-state index in [0.717, 1.165) is 26.8 Å². The minimum atomic E-state index is -0.416. The minimum Gasteiger partial charge on any atom is -0.497 e. The Morgan fingerprint density at radius 3 is 2.50 bits per heavy atom. The first-order valence-corrected chi connectivity index (χ1v) is 8.93. The number of hydrogen-bond donors (Lipinski definition) is 0. The van der Waals surface area contributed by atoms with Crippen LogP contribution < -0.4 is 9.47 Å². The molecule has 0 aliphatic carbocycles. The van der Waals surface area contributed by atoms with Crippen LogP contribution in [0.15, 0.2) is 46.9 Å². The van der Waals surface area contributed by atoms with Crippen LogP contribution in [0.5, 0.6) is 11.5 Å². The third-order valence-corrected chi connectivity index (χ3v) is 4.82. The Balaban J connectivity index is 2.05. The molecule has 0 unspecified atom stereocenters. The standard InChI is InChI=1S/C20H20BrNO4/c1-13-20(26-12-19(23)25-3)17-10-16(24-2)8-9-18(17)22(13)11-14-4-6-15(21)7-5-14/h4-10H,11-12H2,1-3H3. The second kappa shape index (κ2) is 7.83. The van der Waals surface area contributed by atoms with Crippen molar-refractivity contribution in [3.63, 3.8) is 0 Å². The van der Waals surface area contributed by atoms with Gasteiger partial charge >= 0.3 is 5.97 Å². The van der Waals surface area contributed by atoms with Crippen molar-refractivity contribution in [2.24, 2.45) is 0 Å². The van der Waals surface area contributed by atoms with Gasteiger partial charge in [0, 0.05) is 16.4 Å². The van der Waals surface area contributed by atoms with E-state index < -0.39 is 5.97 Å². The number of ether oxygens (including phenoxy) is 3. The molecule has 6 heteroatoms. The van der Waals surface area contributed by atoms with Gasteiger partial charge in [-0.25, -0.2) is 4.79 Å². The van der Waals surface area contributed by atoms with Crippen molar-refractivity contribution in [3.8, 4) is 11.5 Å². The highest BCUT2D eigenvalue weighted by Crippen LogP contribution is 2.36. The fraction of sp³-hybridized carbons (Fsp3) is 0.250. The number of carbonyl (C=O) groups is 1. The van der Waals surface area contributed by atoms with Gasteiger partial charge < -0.3 is 18.8 Å². The van der Waals surface area contributed by atoms with Gasteiger partial charge in [0.05, 0.1) is 25.4 Å². The van der Waals surface area contributed by atoms with Gasteiger partial charge in [0.15, 0.2) is 6.61 Å². The number of esters is 1. The molecule has 1 aromatic heterocycles. The zero-order valence-corrected chi connectivity index (χ0v) is 16.5. The SMILES string of the molecule is COC(=O)COc1c(C)n(Cc2ccc(Br)cc2)c2ccc(OC)cc12. The van der Waals surface area contributed by atoms with Crippen molar-refractivity contribution < 1.29 is 19.0 Å². The number of benzene rings is 2. The number of rotatable bonds is 6. The average Bonchev–Trinajstić information content (AvgIpc) is 2.92. The maximum absolute atomic E-state index is 11.5. The predicted octanol–water partition coefficient (Wildman–Crippen LogP) is 4.32. The maximum Gasteiger partial charge on any atom is 0.343 e. The molecule has 3 rings (SSSR count). The first kappa shape index (κ1) is 18.3. The van der Waals surface area contributed by atoms with Gasteiger partial charge in [-0.15, -0.1) is 0 Å². The summed E-state index contributed by atoms with van der Waals surface area (Å²) >= 11 is 3.46. The third-order valence-electron chi connectivity index (χ3n) is 4.29. The molecule has 1 heterocycles. The molecule has 3 aromatic rings. The average molecular weight is 418 g/mol. The van der Waals surface area contributed by atoms with Gasteiger partial charge in [0.2, 0.25) is 0 Å². The summed E-state index contributed by atoms with van der Waals surface area (Å²) in [6.07, 6.45) is 0.